The molecule has 0 aliphatic rings. The molecule has 1 atom stereocenters. The van der Waals surface area contributed by atoms with Crippen molar-refractivity contribution in [1.29, 1.82) is 0 Å². The molecule has 1 unspecified atom stereocenters. The van der Waals surface area contributed by atoms with Crippen LogP contribution in [0.15, 0.2) is 46.9 Å². The van der Waals surface area contributed by atoms with E-state index < -0.39 is 11.6 Å². The van der Waals surface area contributed by atoms with Crippen molar-refractivity contribution in [3.8, 4) is 0 Å². The summed E-state index contributed by atoms with van der Waals surface area (Å²) in [5.41, 5.74) is 1.36. The van der Waals surface area contributed by atoms with E-state index in [4.69, 9.17) is 0 Å². The fourth-order valence-electron chi connectivity index (χ4n) is 2.22. The van der Waals surface area contributed by atoms with Gasteiger partial charge in [0.1, 0.15) is 0 Å². The highest BCUT2D eigenvalue weighted by atomic mass is 79.9. The first-order valence-corrected chi connectivity index (χ1v) is 7.17. The minimum Gasteiger partial charge on any atom is -0.396 e. The minimum absolute atomic E-state index is 0.0670. The predicted molar refractivity (Wildman–Crippen MR) is 78.5 cm³/mol. The summed E-state index contributed by atoms with van der Waals surface area (Å²) in [7, 11) is 0. The highest BCUT2D eigenvalue weighted by molar-refractivity contribution is 9.10. The van der Waals surface area contributed by atoms with Crippen molar-refractivity contribution in [3.63, 3.8) is 0 Å². The lowest BCUT2D eigenvalue weighted by Gasteiger charge is -2.15. The van der Waals surface area contributed by atoms with Gasteiger partial charge < -0.3 is 5.11 Å². The van der Waals surface area contributed by atoms with Crippen LogP contribution < -0.4 is 0 Å². The lowest BCUT2D eigenvalue weighted by atomic mass is 9.93. The van der Waals surface area contributed by atoms with Gasteiger partial charge in [-0.1, -0.05) is 40.2 Å². The van der Waals surface area contributed by atoms with Crippen molar-refractivity contribution in [2.45, 2.75) is 12.8 Å². The minimum atomic E-state index is -0.846. The first kappa shape index (κ1) is 15.1. The molecule has 2 rings (SSSR count). The molecule has 0 bridgehead atoms. The lowest BCUT2D eigenvalue weighted by molar-refractivity contribution is 0.223. The molecule has 4 heteroatoms. The van der Waals surface area contributed by atoms with Crippen molar-refractivity contribution < 1.29 is 13.9 Å². The van der Waals surface area contributed by atoms with E-state index in [-0.39, 0.29) is 12.5 Å². The molecular formula is C16H15BrF2O. The van der Waals surface area contributed by atoms with Crippen LogP contribution in [0.1, 0.15) is 11.1 Å². The quantitative estimate of drug-likeness (QED) is 0.867. The Balaban J connectivity index is 2.11. The van der Waals surface area contributed by atoms with Crippen LogP contribution in [0.4, 0.5) is 8.78 Å². The maximum Gasteiger partial charge on any atom is 0.162 e. The van der Waals surface area contributed by atoms with E-state index in [1.165, 1.54) is 6.07 Å². The van der Waals surface area contributed by atoms with Crippen LogP contribution >= 0.6 is 15.9 Å². The molecule has 0 radical (unpaired) electrons. The van der Waals surface area contributed by atoms with Gasteiger partial charge in [0.05, 0.1) is 0 Å². The van der Waals surface area contributed by atoms with Crippen molar-refractivity contribution in [1.82, 2.24) is 0 Å². The van der Waals surface area contributed by atoms with Gasteiger partial charge in [0.2, 0.25) is 0 Å². The number of halogens is 3. The number of hydrogen-bond donors (Lipinski definition) is 1. The SMILES string of the molecule is OCC(Cc1cccc(Br)c1)Cc1cccc(F)c1F. The van der Waals surface area contributed by atoms with E-state index in [9.17, 15) is 13.9 Å². The van der Waals surface area contributed by atoms with Gasteiger partial charge >= 0.3 is 0 Å². The van der Waals surface area contributed by atoms with E-state index >= 15 is 0 Å². The van der Waals surface area contributed by atoms with Gasteiger partial charge in [-0.15, -0.1) is 0 Å². The molecule has 20 heavy (non-hydrogen) atoms. The number of aliphatic hydroxyl groups excluding tert-OH is 1. The Morgan fingerprint density at radius 1 is 1.05 bits per heavy atom. The number of rotatable bonds is 5. The van der Waals surface area contributed by atoms with Gasteiger partial charge in [0.15, 0.2) is 11.6 Å². The van der Waals surface area contributed by atoms with Gasteiger partial charge in [-0.2, -0.15) is 0 Å². The second kappa shape index (κ2) is 6.95. The van der Waals surface area contributed by atoms with Gasteiger partial charge in [0.25, 0.3) is 0 Å². The molecule has 0 aliphatic heterocycles. The summed E-state index contributed by atoms with van der Waals surface area (Å²) in [6.45, 7) is -0.0670. The Bertz CT molecular complexity index is 586. The van der Waals surface area contributed by atoms with Crippen LogP contribution in [0, 0.1) is 17.6 Å². The van der Waals surface area contributed by atoms with Crippen LogP contribution in [-0.2, 0) is 12.8 Å². The molecule has 0 amide bonds. The van der Waals surface area contributed by atoms with E-state index in [0.29, 0.717) is 18.4 Å². The van der Waals surface area contributed by atoms with Crippen LogP contribution in [0.25, 0.3) is 0 Å². The maximum atomic E-state index is 13.6. The summed E-state index contributed by atoms with van der Waals surface area (Å²) in [5.74, 6) is -1.80. The normalized spacial score (nSPS) is 12.4. The van der Waals surface area contributed by atoms with Crippen molar-refractivity contribution in [2.75, 3.05) is 6.61 Å². The van der Waals surface area contributed by atoms with Crippen molar-refractivity contribution in [2.24, 2.45) is 5.92 Å². The van der Waals surface area contributed by atoms with E-state index in [1.54, 1.807) is 6.07 Å². The topological polar surface area (TPSA) is 20.2 Å². The summed E-state index contributed by atoms with van der Waals surface area (Å²) in [5, 5.41) is 9.45. The molecule has 0 heterocycles. The lowest BCUT2D eigenvalue weighted by Crippen LogP contribution is -2.14. The first-order chi connectivity index (χ1) is 9.60. The standard InChI is InChI=1S/C16H15BrF2O/c17-14-5-1-3-11(9-14)7-12(10-20)8-13-4-2-6-15(18)16(13)19/h1-6,9,12,20H,7-8,10H2. The monoisotopic (exact) mass is 340 g/mol. The van der Waals surface area contributed by atoms with Crippen LogP contribution in [0.5, 0.6) is 0 Å². The van der Waals surface area contributed by atoms with Crippen LogP contribution in [0.2, 0.25) is 0 Å². The molecule has 0 aliphatic carbocycles. The maximum absolute atomic E-state index is 13.6. The van der Waals surface area contributed by atoms with Crippen molar-refractivity contribution in [3.05, 3.63) is 69.7 Å². The van der Waals surface area contributed by atoms with Crippen molar-refractivity contribution >= 4 is 15.9 Å². The van der Waals surface area contributed by atoms with E-state index in [1.807, 2.05) is 24.3 Å². The van der Waals surface area contributed by atoms with Gasteiger partial charge in [-0.05, 0) is 48.1 Å². The van der Waals surface area contributed by atoms with Gasteiger partial charge in [0, 0.05) is 11.1 Å². The molecule has 2 aromatic carbocycles. The number of benzene rings is 2. The Labute approximate surface area is 125 Å². The molecule has 0 saturated carbocycles. The Hall–Kier alpha value is -1.26. The third-order valence-corrected chi connectivity index (χ3v) is 3.71. The molecule has 0 spiro atoms. The predicted octanol–water partition coefficient (Wildman–Crippen LogP) is 4.12. The Kier molecular flexibility index (Phi) is 5.26. The fourth-order valence-corrected chi connectivity index (χ4v) is 2.66. The Morgan fingerprint density at radius 2 is 1.80 bits per heavy atom. The average molecular weight is 341 g/mol. The molecule has 2 aromatic rings. The zero-order chi connectivity index (χ0) is 14.5. The van der Waals surface area contributed by atoms with Crippen LogP contribution in [0.3, 0.4) is 0 Å². The highest BCUT2D eigenvalue weighted by Crippen LogP contribution is 2.20. The van der Waals surface area contributed by atoms with Gasteiger partial charge in [-0.3, -0.25) is 0 Å². The molecule has 1 nitrogen and oxygen atoms in total. The highest BCUT2D eigenvalue weighted by Gasteiger charge is 2.14. The fraction of sp³-hybridized carbons (Fsp3) is 0.250. The molecule has 0 aromatic heterocycles. The molecular weight excluding hydrogens is 326 g/mol. The zero-order valence-corrected chi connectivity index (χ0v) is 12.4. The largest absolute Gasteiger partial charge is 0.396 e. The number of hydrogen-bond acceptors (Lipinski definition) is 1. The summed E-state index contributed by atoms with van der Waals surface area (Å²) in [6, 6.07) is 11.9. The second-order valence-corrected chi connectivity index (χ2v) is 5.72. The summed E-state index contributed by atoms with van der Waals surface area (Å²) >= 11 is 3.39. The number of aliphatic hydroxyl groups is 1. The smallest absolute Gasteiger partial charge is 0.162 e. The zero-order valence-electron chi connectivity index (χ0n) is 10.8. The van der Waals surface area contributed by atoms with Crippen LogP contribution in [-0.4, -0.2) is 11.7 Å². The van der Waals surface area contributed by atoms with E-state index in [2.05, 4.69) is 15.9 Å². The molecule has 0 fully saturated rings. The molecule has 106 valence electrons. The molecule has 0 saturated heterocycles. The third-order valence-electron chi connectivity index (χ3n) is 3.21. The van der Waals surface area contributed by atoms with E-state index in [0.717, 1.165) is 16.1 Å². The second-order valence-electron chi connectivity index (χ2n) is 4.80. The summed E-state index contributed by atoms with van der Waals surface area (Å²) < 4.78 is 27.8. The molecule has 1 N–H and O–H groups in total. The Morgan fingerprint density at radius 3 is 2.50 bits per heavy atom. The summed E-state index contributed by atoms with van der Waals surface area (Å²) in [6.07, 6.45) is 0.929. The summed E-state index contributed by atoms with van der Waals surface area (Å²) in [4.78, 5) is 0. The third kappa shape index (κ3) is 3.87. The first-order valence-electron chi connectivity index (χ1n) is 6.38. The average Bonchev–Trinajstić information content (AvgIpc) is 2.43. The van der Waals surface area contributed by atoms with Gasteiger partial charge in [-0.25, -0.2) is 8.78 Å².